The summed E-state index contributed by atoms with van der Waals surface area (Å²) in [5.41, 5.74) is 10.7. The number of hydrogen-bond donors (Lipinski definition) is 1. The Bertz CT molecular complexity index is 924. The van der Waals surface area contributed by atoms with Crippen LogP contribution in [-0.4, -0.2) is 9.61 Å². The summed E-state index contributed by atoms with van der Waals surface area (Å²) in [4.78, 5) is 0. The van der Waals surface area contributed by atoms with Crippen molar-refractivity contribution in [3.63, 3.8) is 0 Å². The van der Waals surface area contributed by atoms with Crippen molar-refractivity contribution >= 4 is 16.8 Å². The predicted octanol–water partition coefficient (Wildman–Crippen LogP) is 5.10. The van der Waals surface area contributed by atoms with Crippen molar-refractivity contribution in [3.05, 3.63) is 88.7 Å². The summed E-state index contributed by atoms with van der Waals surface area (Å²) in [5.74, 6) is 0. The second-order valence-electron chi connectivity index (χ2n) is 6.41. The van der Waals surface area contributed by atoms with Crippen molar-refractivity contribution in [1.29, 1.82) is 0 Å². The molecule has 1 aliphatic heterocycles. The minimum absolute atomic E-state index is 0.153. The van der Waals surface area contributed by atoms with Crippen LogP contribution < -0.4 is 5.43 Å². The van der Waals surface area contributed by atoms with Crippen LogP contribution in [0.4, 0.5) is 0 Å². The second-order valence-corrected chi connectivity index (χ2v) is 7.50. The molecule has 25 heavy (non-hydrogen) atoms. The van der Waals surface area contributed by atoms with Gasteiger partial charge in [0, 0.05) is 28.2 Å². The van der Waals surface area contributed by atoms with E-state index in [9.17, 15) is 0 Å². The monoisotopic (exact) mass is 347 g/mol. The average Bonchev–Trinajstić information content (AvgIpc) is 3.22. The standard InChI is InChI=1S/C21H21N3S/c1-14-9-11-18(12-10-14)24-15(2)13-19(16(24)3)21-23-22-20(25-21)17-7-5-4-6-8-17/h4-13,21,23H,1-3H3/t21-/m1/s1. The molecule has 1 atom stereocenters. The van der Waals surface area contributed by atoms with E-state index in [4.69, 9.17) is 0 Å². The van der Waals surface area contributed by atoms with Gasteiger partial charge in [0.2, 0.25) is 0 Å². The van der Waals surface area contributed by atoms with Crippen molar-refractivity contribution in [2.45, 2.75) is 26.1 Å². The largest absolute Gasteiger partial charge is 0.318 e. The molecule has 0 unspecified atom stereocenters. The summed E-state index contributed by atoms with van der Waals surface area (Å²) in [6, 6.07) is 21.3. The van der Waals surface area contributed by atoms with E-state index in [2.05, 4.69) is 90.5 Å². The molecule has 1 N–H and O–H groups in total. The molecule has 4 heteroatoms. The van der Waals surface area contributed by atoms with Crippen LogP contribution in [0.1, 0.15) is 33.5 Å². The van der Waals surface area contributed by atoms with Gasteiger partial charge < -0.3 is 4.57 Å². The Kier molecular flexibility index (Phi) is 4.14. The van der Waals surface area contributed by atoms with Gasteiger partial charge in [-0.05, 0) is 39.0 Å². The second kappa shape index (κ2) is 6.45. The van der Waals surface area contributed by atoms with Gasteiger partial charge in [0.25, 0.3) is 0 Å². The van der Waals surface area contributed by atoms with Crippen LogP contribution in [-0.2, 0) is 0 Å². The van der Waals surface area contributed by atoms with Crippen LogP contribution in [0.2, 0.25) is 0 Å². The predicted molar refractivity (Wildman–Crippen MR) is 106 cm³/mol. The van der Waals surface area contributed by atoms with Gasteiger partial charge in [0.15, 0.2) is 0 Å². The minimum Gasteiger partial charge on any atom is -0.318 e. The molecule has 126 valence electrons. The van der Waals surface area contributed by atoms with Crippen molar-refractivity contribution in [2.75, 3.05) is 0 Å². The van der Waals surface area contributed by atoms with E-state index in [-0.39, 0.29) is 5.37 Å². The van der Waals surface area contributed by atoms with Gasteiger partial charge in [-0.1, -0.05) is 59.8 Å². The third-order valence-corrected chi connectivity index (χ3v) is 5.72. The molecule has 1 aliphatic rings. The molecule has 0 fully saturated rings. The fourth-order valence-corrected chi connectivity index (χ4v) is 4.34. The van der Waals surface area contributed by atoms with Crippen molar-refractivity contribution in [2.24, 2.45) is 5.10 Å². The van der Waals surface area contributed by atoms with E-state index in [0.717, 1.165) is 10.6 Å². The van der Waals surface area contributed by atoms with Gasteiger partial charge in [0.1, 0.15) is 10.4 Å². The number of aromatic nitrogens is 1. The lowest BCUT2D eigenvalue weighted by Gasteiger charge is -2.12. The van der Waals surface area contributed by atoms with E-state index in [0.29, 0.717) is 0 Å². The van der Waals surface area contributed by atoms with E-state index in [1.807, 2.05) is 6.07 Å². The molecular formula is C21H21N3S. The Morgan fingerprint density at radius 1 is 0.960 bits per heavy atom. The summed E-state index contributed by atoms with van der Waals surface area (Å²) in [5, 5.41) is 5.75. The molecule has 0 saturated carbocycles. The van der Waals surface area contributed by atoms with Crippen LogP contribution >= 0.6 is 11.8 Å². The topological polar surface area (TPSA) is 29.3 Å². The maximum atomic E-state index is 4.55. The summed E-state index contributed by atoms with van der Waals surface area (Å²) in [6.07, 6.45) is 0. The molecule has 0 radical (unpaired) electrons. The molecule has 3 nitrogen and oxygen atoms in total. The smallest absolute Gasteiger partial charge is 0.126 e. The normalized spacial score (nSPS) is 16.6. The van der Waals surface area contributed by atoms with Crippen LogP contribution in [0.25, 0.3) is 5.69 Å². The number of thioether (sulfide) groups is 1. The Balaban J connectivity index is 1.63. The van der Waals surface area contributed by atoms with Gasteiger partial charge in [-0.2, -0.15) is 5.10 Å². The van der Waals surface area contributed by atoms with E-state index in [1.165, 1.54) is 28.2 Å². The van der Waals surface area contributed by atoms with Crippen LogP contribution in [0.3, 0.4) is 0 Å². The number of hydrazone groups is 1. The summed E-state index contributed by atoms with van der Waals surface area (Å²) >= 11 is 1.78. The van der Waals surface area contributed by atoms with Gasteiger partial charge in [0.05, 0.1) is 0 Å². The minimum atomic E-state index is 0.153. The lowest BCUT2D eigenvalue weighted by Crippen LogP contribution is -2.08. The third kappa shape index (κ3) is 2.98. The molecule has 0 saturated heterocycles. The van der Waals surface area contributed by atoms with Crippen LogP contribution in [0, 0.1) is 20.8 Å². The lowest BCUT2D eigenvalue weighted by molar-refractivity contribution is 0.737. The highest BCUT2D eigenvalue weighted by molar-refractivity contribution is 8.14. The van der Waals surface area contributed by atoms with Crippen molar-refractivity contribution < 1.29 is 0 Å². The zero-order valence-corrected chi connectivity index (χ0v) is 15.5. The molecule has 2 aromatic carbocycles. The maximum Gasteiger partial charge on any atom is 0.126 e. The highest BCUT2D eigenvalue weighted by atomic mass is 32.2. The first-order valence-electron chi connectivity index (χ1n) is 8.44. The van der Waals surface area contributed by atoms with Crippen LogP contribution in [0.5, 0.6) is 0 Å². The number of nitrogens with one attached hydrogen (secondary N) is 1. The lowest BCUT2D eigenvalue weighted by atomic mass is 10.2. The zero-order valence-electron chi connectivity index (χ0n) is 14.7. The first-order chi connectivity index (χ1) is 12.1. The molecular weight excluding hydrogens is 326 g/mol. The van der Waals surface area contributed by atoms with Gasteiger partial charge in [-0.3, -0.25) is 5.43 Å². The number of aryl methyl sites for hydroxylation is 2. The van der Waals surface area contributed by atoms with E-state index < -0.39 is 0 Å². The zero-order chi connectivity index (χ0) is 17.4. The first-order valence-corrected chi connectivity index (χ1v) is 9.32. The summed E-state index contributed by atoms with van der Waals surface area (Å²) in [6.45, 7) is 6.46. The van der Waals surface area contributed by atoms with E-state index in [1.54, 1.807) is 11.8 Å². The number of benzene rings is 2. The van der Waals surface area contributed by atoms with Gasteiger partial charge in [-0.25, -0.2) is 0 Å². The number of hydrogen-bond acceptors (Lipinski definition) is 3. The Labute approximate surface area is 152 Å². The molecule has 0 spiro atoms. The van der Waals surface area contributed by atoms with Crippen molar-refractivity contribution in [1.82, 2.24) is 9.99 Å². The highest BCUT2D eigenvalue weighted by Crippen LogP contribution is 2.37. The van der Waals surface area contributed by atoms with Gasteiger partial charge in [-0.15, -0.1) is 0 Å². The van der Waals surface area contributed by atoms with E-state index >= 15 is 0 Å². The molecule has 2 heterocycles. The SMILES string of the molecule is Cc1ccc(-n2c(C)cc([C@@H]3NN=C(c4ccccc4)S3)c2C)cc1. The third-order valence-electron chi connectivity index (χ3n) is 4.58. The first kappa shape index (κ1) is 16.0. The fraction of sp³-hybridized carbons (Fsp3) is 0.190. The Morgan fingerprint density at radius 2 is 1.68 bits per heavy atom. The molecule has 1 aromatic heterocycles. The quantitative estimate of drug-likeness (QED) is 0.714. The Hall–Kier alpha value is -2.46. The molecule has 0 aliphatic carbocycles. The molecule has 3 aromatic rings. The van der Waals surface area contributed by atoms with Crippen LogP contribution in [0.15, 0.2) is 65.8 Å². The highest BCUT2D eigenvalue weighted by Gasteiger charge is 2.26. The fourth-order valence-electron chi connectivity index (χ4n) is 3.27. The molecule has 0 amide bonds. The maximum absolute atomic E-state index is 4.55. The molecule has 4 rings (SSSR count). The summed E-state index contributed by atoms with van der Waals surface area (Å²) < 4.78 is 2.32. The summed E-state index contributed by atoms with van der Waals surface area (Å²) in [7, 11) is 0. The number of rotatable bonds is 3. The average molecular weight is 347 g/mol. The molecule has 0 bridgehead atoms. The number of nitrogens with zero attached hydrogens (tertiary/aromatic N) is 2. The van der Waals surface area contributed by atoms with Crippen molar-refractivity contribution in [3.8, 4) is 5.69 Å². The van der Waals surface area contributed by atoms with Gasteiger partial charge >= 0.3 is 0 Å². The Morgan fingerprint density at radius 3 is 2.40 bits per heavy atom.